The zero-order chi connectivity index (χ0) is 13.1. The molecule has 6 nitrogen and oxygen atoms in total. The predicted molar refractivity (Wildman–Crippen MR) is 71.7 cm³/mol. The molecule has 6 heteroatoms. The Kier molecular flexibility index (Phi) is 3.79. The monoisotopic (exact) mass is 264 g/mol. The first-order valence-electron chi connectivity index (χ1n) is 6.87. The number of nitrogens with one attached hydrogen (secondary N) is 1. The molecule has 1 unspecified atom stereocenters. The van der Waals surface area contributed by atoms with Crippen LogP contribution in [0.3, 0.4) is 0 Å². The molecule has 19 heavy (non-hydrogen) atoms. The van der Waals surface area contributed by atoms with Crippen molar-refractivity contribution < 1.29 is 9.47 Å². The van der Waals surface area contributed by atoms with Gasteiger partial charge < -0.3 is 19.7 Å². The second-order valence-corrected chi connectivity index (χ2v) is 4.95. The van der Waals surface area contributed by atoms with Crippen molar-refractivity contribution in [3.63, 3.8) is 0 Å². The van der Waals surface area contributed by atoms with E-state index in [1.807, 2.05) is 13.0 Å². The van der Waals surface area contributed by atoms with Crippen LogP contribution in [0.2, 0.25) is 0 Å². The maximum absolute atomic E-state index is 5.87. The van der Waals surface area contributed by atoms with Gasteiger partial charge in [0, 0.05) is 38.7 Å². The van der Waals surface area contributed by atoms with Gasteiger partial charge in [0.15, 0.2) is 0 Å². The molecule has 1 aromatic heterocycles. The minimum absolute atomic E-state index is 0.130. The third kappa shape index (κ3) is 3.13. The minimum Gasteiger partial charge on any atom is -0.472 e. The Morgan fingerprint density at radius 1 is 1.37 bits per heavy atom. The van der Waals surface area contributed by atoms with E-state index in [1.54, 1.807) is 0 Å². The highest BCUT2D eigenvalue weighted by Crippen LogP contribution is 2.20. The summed E-state index contributed by atoms with van der Waals surface area (Å²) in [6.07, 6.45) is 1.07. The number of ether oxygens (including phenoxy) is 2. The van der Waals surface area contributed by atoms with Crippen molar-refractivity contribution in [2.45, 2.75) is 19.4 Å². The summed E-state index contributed by atoms with van der Waals surface area (Å²) in [6.45, 7) is 7.28. The summed E-state index contributed by atoms with van der Waals surface area (Å²) < 4.78 is 11.2. The number of hydrogen-bond donors (Lipinski definition) is 1. The van der Waals surface area contributed by atoms with Crippen molar-refractivity contribution in [3.8, 4) is 5.88 Å². The van der Waals surface area contributed by atoms with E-state index in [0.717, 1.165) is 50.8 Å². The van der Waals surface area contributed by atoms with Gasteiger partial charge in [-0.15, -0.1) is 0 Å². The molecule has 1 aromatic rings. The zero-order valence-corrected chi connectivity index (χ0v) is 11.3. The molecule has 2 aliphatic heterocycles. The van der Waals surface area contributed by atoms with Crippen molar-refractivity contribution in [2.75, 3.05) is 44.3 Å². The lowest BCUT2D eigenvalue weighted by molar-refractivity contribution is 0.138. The van der Waals surface area contributed by atoms with E-state index in [9.17, 15) is 0 Å². The normalized spacial score (nSPS) is 23.6. The van der Waals surface area contributed by atoms with Gasteiger partial charge in [-0.3, -0.25) is 0 Å². The van der Waals surface area contributed by atoms with Crippen molar-refractivity contribution in [1.82, 2.24) is 15.3 Å². The van der Waals surface area contributed by atoms with Crippen LogP contribution in [0.4, 0.5) is 5.82 Å². The molecule has 0 spiro atoms. The molecular formula is C13H20N4O2. The van der Waals surface area contributed by atoms with E-state index in [2.05, 4.69) is 20.2 Å². The van der Waals surface area contributed by atoms with E-state index in [0.29, 0.717) is 12.5 Å². The van der Waals surface area contributed by atoms with E-state index in [4.69, 9.17) is 9.47 Å². The van der Waals surface area contributed by atoms with Gasteiger partial charge in [0.05, 0.1) is 13.2 Å². The Labute approximate surface area is 113 Å². The fraction of sp³-hybridized carbons (Fsp3) is 0.692. The van der Waals surface area contributed by atoms with Crippen molar-refractivity contribution >= 4 is 5.82 Å². The Bertz CT molecular complexity index is 429. The molecule has 0 aliphatic carbocycles. The van der Waals surface area contributed by atoms with Crippen LogP contribution in [0.5, 0.6) is 5.88 Å². The van der Waals surface area contributed by atoms with Gasteiger partial charge in [-0.2, -0.15) is 4.98 Å². The number of aromatic nitrogens is 2. The molecule has 0 aromatic carbocycles. The smallest absolute Gasteiger partial charge is 0.219 e. The van der Waals surface area contributed by atoms with Crippen LogP contribution in [-0.4, -0.2) is 55.5 Å². The lowest BCUT2D eigenvalue weighted by Gasteiger charge is -2.28. The maximum Gasteiger partial charge on any atom is 0.219 e. The highest BCUT2D eigenvalue weighted by Gasteiger charge is 2.19. The molecule has 0 bridgehead atoms. The third-order valence-electron chi connectivity index (χ3n) is 3.42. The molecule has 3 heterocycles. The molecule has 2 aliphatic rings. The molecular weight excluding hydrogens is 244 g/mol. The van der Waals surface area contributed by atoms with Crippen LogP contribution in [0.15, 0.2) is 6.07 Å². The number of hydrogen-bond acceptors (Lipinski definition) is 6. The van der Waals surface area contributed by atoms with Gasteiger partial charge in [-0.1, -0.05) is 0 Å². The highest BCUT2D eigenvalue weighted by molar-refractivity contribution is 5.42. The number of nitrogens with zero attached hydrogens (tertiary/aromatic N) is 3. The van der Waals surface area contributed by atoms with Crippen LogP contribution in [0.25, 0.3) is 0 Å². The maximum atomic E-state index is 5.87. The van der Waals surface area contributed by atoms with Gasteiger partial charge in [0.25, 0.3) is 0 Å². The summed E-state index contributed by atoms with van der Waals surface area (Å²) in [4.78, 5) is 11.1. The molecule has 0 amide bonds. The number of aryl methyl sites for hydroxylation is 1. The standard InChI is InChI=1S/C13H20N4O2/c1-10-15-12(17-5-3-14-4-6-17)8-13(16-10)19-11-2-7-18-9-11/h8,11,14H,2-7,9H2,1H3. The van der Waals surface area contributed by atoms with Gasteiger partial charge in [-0.05, 0) is 6.92 Å². The lowest BCUT2D eigenvalue weighted by Crippen LogP contribution is -2.44. The summed E-state index contributed by atoms with van der Waals surface area (Å²) in [7, 11) is 0. The van der Waals surface area contributed by atoms with Crippen molar-refractivity contribution in [3.05, 3.63) is 11.9 Å². The van der Waals surface area contributed by atoms with Gasteiger partial charge in [-0.25, -0.2) is 4.98 Å². The molecule has 0 saturated carbocycles. The third-order valence-corrected chi connectivity index (χ3v) is 3.42. The molecule has 1 atom stereocenters. The fourth-order valence-corrected chi connectivity index (χ4v) is 2.42. The SMILES string of the molecule is Cc1nc(OC2CCOC2)cc(N2CCNCC2)n1. The molecule has 0 radical (unpaired) electrons. The minimum atomic E-state index is 0.130. The van der Waals surface area contributed by atoms with Crippen LogP contribution in [0, 0.1) is 6.92 Å². The zero-order valence-electron chi connectivity index (χ0n) is 11.3. The summed E-state index contributed by atoms with van der Waals surface area (Å²) >= 11 is 0. The fourth-order valence-electron chi connectivity index (χ4n) is 2.42. The molecule has 1 N–H and O–H groups in total. The summed E-state index contributed by atoms with van der Waals surface area (Å²) in [5.74, 6) is 2.38. The second kappa shape index (κ2) is 5.71. The highest BCUT2D eigenvalue weighted by atomic mass is 16.5. The van der Waals surface area contributed by atoms with Gasteiger partial charge in [0.1, 0.15) is 17.7 Å². The quantitative estimate of drug-likeness (QED) is 0.851. The largest absolute Gasteiger partial charge is 0.472 e. The van der Waals surface area contributed by atoms with Crippen molar-refractivity contribution in [1.29, 1.82) is 0 Å². The Morgan fingerprint density at radius 2 is 2.21 bits per heavy atom. The lowest BCUT2D eigenvalue weighted by atomic mass is 10.3. The summed E-state index contributed by atoms with van der Waals surface area (Å²) in [6, 6.07) is 1.94. The van der Waals surface area contributed by atoms with Crippen LogP contribution < -0.4 is 15.0 Å². The van der Waals surface area contributed by atoms with Crippen molar-refractivity contribution in [2.24, 2.45) is 0 Å². The molecule has 104 valence electrons. The van der Waals surface area contributed by atoms with E-state index < -0.39 is 0 Å². The Balaban J connectivity index is 1.74. The van der Waals surface area contributed by atoms with E-state index >= 15 is 0 Å². The molecule has 2 saturated heterocycles. The van der Waals surface area contributed by atoms with E-state index in [-0.39, 0.29) is 6.10 Å². The first kappa shape index (κ1) is 12.6. The van der Waals surface area contributed by atoms with Gasteiger partial charge >= 0.3 is 0 Å². The average Bonchev–Trinajstić information content (AvgIpc) is 2.92. The van der Waals surface area contributed by atoms with E-state index in [1.165, 1.54) is 0 Å². The van der Waals surface area contributed by atoms with Crippen LogP contribution in [-0.2, 0) is 4.74 Å². The predicted octanol–water partition coefficient (Wildman–Crippen LogP) is 0.362. The topological polar surface area (TPSA) is 59.5 Å². The Morgan fingerprint density at radius 3 is 2.95 bits per heavy atom. The summed E-state index contributed by atoms with van der Waals surface area (Å²) in [5.41, 5.74) is 0. The second-order valence-electron chi connectivity index (χ2n) is 4.95. The number of piperazine rings is 1. The first-order chi connectivity index (χ1) is 9.31. The molecule has 2 fully saturated rings. The first-order valence-corrected chi connectivity index (χ1v) is 6.87. The van der Waals surface area contributed by atoms with Gasteiger partial charge in [0.2, 0.25) is 5.88 Å². The van der Waals surface area contributed by atoms with Crippen LogP contribution in [0.1, 0.15) is 12.2 Å². The number of rotatable bonds is 3. The van der Waals surface area contributed by atoms with Crippen LogP contribution >= 0.6 is 0 Å². The average molecular weight is 264 g/mol. The summed E-state index contributed by atoms with van der Waals surface area (Å²) in [5, 5.41) is 3.34. The Hall–Kier alpha value is -1.40. The molecule has 3 rings (SSSR count). The number of anilines is 1.